The molecule has 0 spiro atoms. The molecule has 0 radical (unpaired) electrons. The summed E-state index contributed by atoms with van der Waals surface area (Å²) < 4.78 is 7.58. The summed E-state index contributed by atoms with van der Waals surface area (Å²) in [4.78, 5) is 25.3. The minimum absolute atomic E-state index is 0.690. The van der Waals surface area contributed by atoms with Crippen molar-refractivity contribution >= 4 is 22.8 Å². The second kappa shape index (κ2) is 9.33. The Morgan fingerprint density at radius 3 is 2.48 bits per heavy atom. The third kappa shape index (κ3) is 5.20. The van der Waals surface area contributed by atoms with Gasteiger partial charge in [-0.05, 0) is 32.0 Å². The molecule has 3 aromatic rings. The Bertz CT molecular complexity index is 976. The van der Waals surface area contributed by atoms with Gasteiger partial charge in [-0.1, -0.05) is 29.8 Å². The predicted octanol–water partition coefficient (Wildman–Crippen LogP) is 2.41. The van der Waals surface area contributed by atoms with Gasteiger partial charge < -0.3 is 24.2 Å². The molecule has 1 aliphatic rings. The molecule has 0 amide bonds. The van der Waals surface area contributed by atoms with Gasteiger partial charge in [-0.15, -0.1) is 0 Å². The number of fused-ring (bicyclic) bond motifs is 1. The molecule has 154 valence electrons. The SMILES string of the molecule is Cn1cc(-c2noc(CCN3CCCCC3)n2)c2ccccc21.O=C(O)C(=O)O. The first-order valence-electron chi connectivity index (χ1n) is 9.51. The predicted molar refractivity (Wildman–Crippen MR) is 105 cm³/mol. The summed E-state index contributed by atoms with van der Waals surface area (Å²) in [5.41, 5.74) is 2.22. The van der Waals surface area contributed by atoms with Crippen LogP contribution in [0.4, 0.5) is 0 Å². The van der Waals surface area contributed by atoms with E-state index in [1.807, 2.05) is 19.2 Å². The highest BCUT2D eigenvalue weighted by molar-refractivity contribution is 6.27. The van der Waals surface area contributed by atoms with E-state index in [9.17, 15) is 0 Å². The zero-order valence-electron chi connectivity index (χ0n) is 16.2. The number of aromatic nitrogens is 3. The lowest BCUT2D eigenvalue weighted by Crippen LogP contribution is -2.31. The number of hydrogen-bond donors (Lipinski definition) is 2. The molecule has 2 aromatic heterocycles. The number of piperidine rings is 1. The van der Waals surface area contributed by atoms with Crippen LogP contribution in [0.5, 0.6) is 0 Å². The molecular formula is C20H24N4O5. The summed E-state index contributed by atoms with van der Waals surface area (Å²) in [6.07, 6.45) is 6.89. The van der Waals surface area contributed by atoms with Crippen LogP contribution >= 0.6 is 0 Å². The average Bonchev–Trinajstić information content (AvgIpc) is 3.32. The van der Waals surface area contributed by atoms with Crippen molar-refractivity contribution in [2.75, 3.05) is 19.6 Å². The van der Waals surface area contributed by atoms with Gasteiger partial charge in [0.15, 0.2) is 0 Å². The van der Waals surface area contributed by atoms with Gasteiger partial charge in [0.2, 0.25) is 11.7 Å². The highest BCUT2D eigenvalue weighted by Gasteiger charge is 2.16. The fourth-order valence-electron chi connectivity index (χ4n) is 3.42. The van der Waals surface area contributed by atoms with Crippen LogP contribution in [0.15, 0.2) is 35.0 Å². The number of hydrogen-bond acceptors (Lipinski definition) is 6. The maximum Gasteiger partial charge on any atom is 0.414 e. The Kier molecular flexibility index (Phi) is 6.61. The Morgan fingerprint density at radius 2 is 1.79 bits per heavy atom. The molecule has 3 heterocycles. The first-order chi connectivity index (χ1) is 14.0. The van der Waals surface area contributed by atoms with Gasteiger partial charge >= 0.3 is 11.9 Å². The van der Waals surface area contributed by atoms with Crippen LogP contribution in [0.3, 0.4) is 0 Å². The summed E-state index contributed by atoms with van der Waals surface area (Å²) in [7, 11) is 2.04. The molecule has 1 aromatic carbocycles. The summed E-state index contributed by atoms with van der Waals surface area (Å²) >= 11 is 0. The van der Waals surface area contributed by atoms with E-state index in [-0.39, 0.29) is 0 Å². The summed E-state index contributed by atoms with van der Waals surface area (Å²) in [6.45, 7) is 3.41. The number of rotatable bonds is 4. The maximum atomic E-state index is 9.10. The van der Waals surface area contributed by atoms with Crippen LogP contribution in [0.1, 0.15) is 25.2 Å². The maximum absolute atomic E-state index is 9.10. The Morgan fingerprint density at radius 1 is 1.10 bits per heavy atom. The van der Waals surface area contributed by atoms with E-state index in [2.05, 4.69) is 37.9 Å². The van der Waals surface area contributed by atoms with Gasteiger partial charge in [-0.25, -0.2) is 9.59 Å². The van der Waals surface area contributed by atoms with E-state index >= 15 is 0 Å². The first kappa shape index (κ1) is 20.5. The number of aliphatic carboxylic acids is 2. The number of carbonyl (C=O) groups is 2. The molecule has 1 saturated heterocycles. The number of benzene rings is 1. The summed E-state index contributed by atoms with van der Waals surface area (Å²) in [5, 5.41) is 20.1. The second-order valence-corrected chi connectivity index (χ2v) is 6.95. The highest BCUT2D eigenvalue weighted by Crippen LogP contribution is 2.28. The lowest BCUT2D eigenvalue weighted by atomic mass is 10.1. The summed E-state index contributed by atoms with van der Waals surface area (Å²) in [6, 6.07) is 8.31. The van der Waals surface area contributed by atoms with Crippen molar-refractivity contribution in [3.05, 3.63) is 36.4 Å². The average molecular weight is 400 g/mol. The van der Waals surface area contributed by atoms with E-state index in [1.54, 1.807) is 0 Å². The third-order valence-electron chi connectivity index (χ3n) is 4.88. The van der Waals surface area contributed by atoms with Crippen LogP contribution in [0, 0.1) is 0 Å². The van der Waals surface area contributed by atoms with E-state index in [0.29, 0.717) is 5.82 Å². The zero-order valence-corrected chi connectivity index (χ0v) is 16.2. The van der Waals surface area contributed by atoms with Gasteiger partial charge in [-0.2, -0.15) is 4.98 Å². The number of carboxylic acids is 2. The van der Waals surface area contributed by atoms with Crippen molar-refractivity contribution in [2.45, 2.75) is 25.7 Å². The van der Waals surface area contributed by atoms with Crippen molar-refractivity contribution in [1.82, 2.24) is 19.6 Å². The number of carboxylic acid groups (broad SMARTS) is 2. The molecule has 0 unspecified atom stereocenters. The van der Waals surface area contributed by atoms with Crippen molar-refractivity contribution in [1.29, 1.82) is 0 Å². The molecule has 4 rings (SSSR count). The third-order valence-corrected chi connectivity index (χ3v) is 4.88. The van der Waals surface area contributed by atoms with Gasteiger partial charge in [0, 0.05) is 42.7 Å². The van der Waals surface area contributed by atoms with E-state index in [4.69, 9.17) is 24.3 Å². The lowest BCUT2D eigenvalue weighted by molar-refractivity contribution is -0.159. The zero-order chi connectivity index (χ0) is 20.8. The van der Waals surface area contributed by atoms with Gasteiger partial charge in [0.1, 0.15) is 0 Å². The minimum atomic E-state index is -1.82. The van der Waals surface area contributed by atoms with Crippen molar-refractivity contribution < 1.29 is 24.3 Å². The normalized spacial score (nSPS) is 14.4. The fraction of sp³-hybridized carbons (Fsp3) is 0.400. The van der Waals surface area contributed by atoms with E-state index in [1.165, 1.54) is 43.3 Å². The molecule has 9 nitrogen and oxygen atoms in total. The van der Waals surface area contributed by atoms with Crippen molar-refractivity contribution in [3.8, 4) is 11.4 Å². The van der Waals surface area contributed by atoms with E-state index in [0.717, 1.165) is 24.4 Å². The molecule has 9 heteroatoms. The number of aryl methyl sites for hydroxylation is 1. The molecule has 0 saturated carbocycles. The number of nitrogens with zero attached hydrogens (tertiary/aromatic N) is 4. The highest BCUT2D eigenvalue weighted by atomic mass is 16.5. The summed E-state index contributed by atoms with van der Waals surface area (Å²) in [5.74, 6) is -2.22. The number of likely N-dealkylation sites (tertiary alicyclic amines) is 1. The molecule has 0 aliphatic carbocycles. The molecule has 2 N–H and O–H groups in total. The molecule has 0 atom stereocenters. The van der Waals surface area contributed by atoms with Crippen LogP contribution in [-0.2, 0) is 23.1 Å². The molecule has 29 heavy (non-hydrogen) atoms. The van der Waals surface area contributed by atoms with Crippen LogP contribution in [0.25, 0.3) is 22.3 Å². The topological polar surface area (TPSA) is 122 Å². The van der Waals surface area contributed by atoms with Gasteiger partial charge in [0.05, 0.1) is 0 Å². The standard InChI is InChI=1S/C18H22N4O.C2H2O4/c1-21-13-15(14-7-3-4-8-16(14)21)18-19-17(23-20-18)9-12-22-10-5-2-6-11-22;3-1(4)2(5)6/h3-4,7-8,13H,2,5-6,9-12H2,1H3;(H,3,4)(H,5,6). The Hall–Kier alpha value is -3.20. The van der Waals surface area contributed by atoms with Crippen LogP contribution < -0.4 is 0 Å². The minimum Gasteiger partial charge on any atom is -0.473 e. The molecular weight excluding hydrogens is 376 g/mol. The fourth-order valence-corrected chi connectivity index (χ4v) is 3.42. The monoisotopic (exact) mass is 400 g/mol. The van der Waals surface area contributed by atoms with Crippen LogP contribution in [-0.4, -0.2) is 61.4 Å². The molecule has 1 aliphatic heterocycles. The lowest BCUT2D eigenvalue weighted by Gasteiger charge is -2.25. The number of para-hydroxylation sites is 1. The van der Waals surface area contributed by atoms with Crippen molar-refractivity contribution in [2.24, 2.45) is 7.05 Å². The molecule has 1 fully saturated rings. The smallest absolute Gasteiger partial charge is 0.414 e. The van der Waals surface area contributed by atoms with E-state index < -0.39 is 11.9 Å². The Labute approximate surface area is 167 Å². The largest absolute Gasteiger partial charge is 0.473 e. The van der Waals surface area contributed by atoms with Crippen LogP contribution in [0.2, 0.25) is 0 Å². The first-order valence-corrected chi connectivity index (χ1v) is 9.51. The van der Waals surface area contributed by atoms with Gasteiger partial charge in [0.25, 0.3) is 0 Å². The Balaban J connectivity index is 0.000000353. The van der Waals surface area contributed by atoms with Gasteiger partial charge in [-0.3, -0.25) is 0 Å². The quantitative estimate of drug-likeness (QED) is 0.640. The van der Waals surface area contributed by atoms with Crippen molar-refractivity contribution in [3.63, 3.8) is 0 Å². The second-order valence-electron chi connectivity index (χ2n) is 6.95. The molecule has 0 bridgehead atoms.